The molecule has 2 N–H and O–H groups in total. The topological polar surface area (TPSA) is 96.6 Å². The van der Waals surface area contributed by atoms with Crippen LogP contribution in [0, 0.1) is 6.92 Å². The summed E-state index contributed by atoms with van der Waals surface area (Å²) in [7, 11) is -3.74. The average molecular weight is 333 g/mol. The van der Waals surface area contributed by atoms with Crippen LogP contribution in [0.15, 0.2) is 15.4 Å². The molecule has 1 aromatic heterocycles. The Labute approximate surface area is 128 Å². The highest BCUT2D eigenvalue weighted by Crippen LogP contribution is 2.28. The monoisotopic (exact) mass is 333 g/mol. The molecule has 0 saturated heterocycles. The molecule has 0 aliphatic heterocycles. The van der Waals surface area contributed by atoms with Gasteiger partial charge in [0, 0.05) is 17.4 Å². The fourth-order valence-corrected chi connectivity index (χ4v) is 4.76. The molecule has 2 rings (SSSR count). The molecule has 0 amide bonds. The molecule has 1 aliphatic rings. The Bertz CT molecular complexity index is 615. The van der Waals surface area contributed by atoms with Gasteiger partial charge in [0.15, 0.2) is 0 Å². The maximum Gasteiger partial charge on any atom is 0.371 e. The number of aryl methyl sites for hydroxylation is 1. The Kier molecular flexibility index (Phi) is 5.00. The van der Waals surface area contributed by atoms with E-state index in [9.17, 15) is 13.2 Å². The summed E-state index contributed by atoms with van der Waals surface area (Å²) in [6, 6.07) is 0.967. The molecule has 118 valence electrons. The highest BCUT2D eigenvalue weighted by atomic mass is 32.2. The van der Waals surface area contributed by atoms with Crippen molar-refractivity contribution in [2.24, 2.45) is 0 Å². The van der Waals surface area contributed by atoms with Crippen LogP contribution in [0.5, 0.6) is 0 Å². The number of carboxylic acids is 1. The van der Waals surface area contributed by atoms with Crippen LogP contribution < -0.4 is 4.72 Å². The lowest BCUT2D eigenvalue weighted by Crippen LogP contribution is -2.38. The van der Waals surface area contributed by atoms with Crippen LogP contribution >= 0.6 is 11.8 Å². The second-order valence-electron chi connectivity index (χ2n) is 5.17. The molecule has 1 fully saturated rings. The van der Waals surface area contributed by atoms with Crippen LogP contribution in [0.25, 0.3) is 0 Å². The van der Waals surface area contributed by atoms with E-state index in [-0.39, 0.29) is 22.5 Å². The van der Waals surface area contributed by atoms with Crippen LogP contribution in [-0.2, 0) is 10.0 Å². The van der Waals surface area contributed by atoms with Gasteiger partial charge in [-0.3, -0.25) is 0 Å². The zero-order valence-electron chi connectivity index (χ0n) is 12.0. The quantitative estimate of drug-likeness (QED) is 0.858. The van der Waals surface area contributed by atoms with Gasteiger partial charge < -0.3 is 9.52 Å². The van der Waals surface area contributed by atoms with E-state index in [2.05, 4.69) is 11.0 Å². The molecule has 1 saturated carbocycles. The first-order valence-electron chi connectivity index (χ1n) is 6.72. The van der Waals surface area contributed by atoms with E-state index in [1.54, 1.807) is 0 Å². The lowest BCUT2D eigenvalue weighted by atomic mass is 9.96. The number of aromatic carboxylic acids is 1. The van der Waals surface area contributed by atoms with Crippen molar-refractivity contribution >= 4 is 27.8 Å². The first-order valence-corrected chi connectivity index (χ1v) is 9.49. The lowest BCUT2D eigenvalue weighted by Gasteiger charge is -2.27. The first kappa shape index (κ1) is 16.4. The van der Waals surface area contributed by atoms with Crippen molar-refractivity contribution in [1.29, 1.82) is 0 Å². The standard InChI is InChI=1S/C13H19NO5S2/c1-8-12(7-11(19-8)13(15)16)21(17,18)14-9-3-5-10(20-2)6-4-9/h7,9-10,14H,3-6H2,1-2H3,(H,15,16). The first-order chi connectivity index (χ1) is 9.83. The molecular weight excluding hydrogens is 314 g/mol. The average Bonchev–Trinajstić information content (AvgIpc) is 2.82. The molecule has 1 aliphatic carbocycles. The van der Waals surface area contributed by atoms with Gasteiger partial charge in [-0.05, 0) is 38.9 Å². The van der Waals surface area contributed by atoms with E-state index in [1.165, 1.54) is 6.92 Å². The van der Waals surface area contributed by atoms with E-state index >= 15 is 0 Å². The number of thioether (sulfide) groups is 1. The fraction of sp³-hybridized carbons (Fsp3) is 0.615. The van der Waals surface area contributed by atoms with Gasteiger partial charge in [-0.15, -0.1) is 0 Å². The zero-order valence-corrected chi connectivity index (χ0v) is 13.6. The van der Waals surface area contributed by atoms with Crippen molar-refractivity contribution in [1.82, 2.24) is 4.72 Å². The van der Waals surface area contributed by atoms with E-state index in [0.717, 1.165) is 31.7 Å². The van der Waals surface area contributed by atoms with Crippen LogP contribution in [0.2, 0.25) is 0 Å². The molecule has 8 heteroatoms. The van der Waals surface area contributed by atoms with Crippen molar-refractivity contribution in [2.75, 3.05) is 6.26 Å². The predicted octanol–water partition coefficient (Wildman–Crippen LogP) is 2.24. The number of sulfonamides is 1. The van der Waals surface area contributed by atoms with Gasteiger partial charge in [-0.2, -0.15) is 11.8 Å². The van der Waals surface area contributed by atoms with E-state index < -0.39 is 16.0 Å². The predicted molar refractivity (Wildman–Crippen MR) is 80.3 cm³/mol. The molecule has 6 nitrogen and oxygen atoms in total. The minimum absolute atomic E-state index is 0.0908. The van der Waals surface area contributed by atoms with E-state index in [0.29, 0.717) is 5.25 Å². The minimum Gasteiger partial charge on any atom is -0.475 e. The molecule has 21 heavy (non-hydrogen) atoms. The summed E-state index contributed by atoms with van der Waals surface area (Å²) in [5.74, 6) is -1.54. The van der Waals surface area contributed by atoms with Crippen molar-refractivity contribution in [2.45, 2.75) is 48.8 Å². The Morgan fingerprint density at radius 3 is 2.48 bits per heavy atom. The zero-order chi connectivity index (χ0) is 15.6. The molecule has 0 spiro atoms. The van der Waals surface area contributed by atoms with Gasteiger partial charge in [0.1, 0.15) is 10.7 Å². The van der Waals surface area contributed by atoms with Crippen LogP contribution in [0.4, 0.5) is 0 Å². The van der Waals surface area contributed by atoms with Crippen LogP contribution in [0.1, 0.15) is 42.0 Å². The Hall–Kier alpha value is -0.990. The summed E-state index contributed by atoms with van der Waals surface area (Å²) < 4.78 is 32.3. The fourth-order valence-electron chi connectivity index (χ4n) is 2.54. The number of carboxylic acid groups (broad SMARTS) is 1. The number of nitrogens with one attached hydrogen (secondary N) is 1. The third kappa shape index (κ3) is 3.81. The van der Waals surface area contributed by atoms with Gasteiger partial charge in [-0.1, -0.05) is 0 Å². The molecular formula is C13H19NO5S2. The normalized spacial score (nSPS) is 23.1. The van der Waals surface area contributed by atoms with E-state index in [4.69, 9.17) is 9.52 Å². The lowest BCUT2D eigenvalue weighted by molar-refractivity contribution is 0.0661. The van der Waals surface area contributed by atoms with E-state index in [1.807, 2.05) is 11.8 Å². The second kappa shape index (κ2) is 6.41. The second-order valence-corrected chi connectivity index (χ2v) is 7.99. The Morgan fingerprint density at radius 1 is 1.38 bits per heavy atom. The van der Waals surface area contributed by atoms with Gasteiger partial charge in [0.25, 0.3) is 0 Å². The number of furan rings is 1. The summed E-state index contributed by atoms with van der Waals surface area (Å²) >= 11 is 1.81. The SMILES string of the molecule is CSC1CCC(NS(=O)(=O)c2cc(C(=O)O)oc2C)CC1. The molecule has 0 radical (unpaired) electrons. The van der Waals surface area contributed by atoms with Crippen molar-refractivity contribution < 1.29 is 22.7 Å². The molecule has 0 bridgehead atoms. The Morgan fingerprint density at radius 2 is 2.00 bits per heavy atom. The maximum absolute atomic E-state index is 12.3. The molecule has 0 atom stereocenters. The smallest absolute Gasteiger partial charge is 0.371 e. The van der Waals surface area contributed by atoms with Crippen molar-refractivity contribution in [3.05, 3.63) is 17.6 Å². The highest BCUT2D eigenvalue weighted by Gasteiger charge is 2.28. The number of hydrogen-bond acceptors (Lipinski definition) is 5. The summed E-state index contributed by atoms with van der Waals surface area (Å²) in [4.78, 5) is 10.8. The molecule has 1 aromatic rings. The minimum atomic E-state index is -3.74. The van der Waals surface area contributed by atoms with Gasteiger partial charge in [0.2, 0.25) is 15.8 Å². The van der Waals surface area contributed by atoms with Crippen LogP contribution in [-0.4, -0.2) is 37.0 Å². The number of hydrogen-bond donors (Lipinski definition) is 2. The van der Waals surface area contributed by atoms with Crippen LogP contribution in [0.3, 0.4) is 0 Å². The van der Waals surface area contributed by atoms with Crippen molar-refractivity contribution in [3.63, 3.8) is 0 Å². The third-order valence-corrected chi connectivity index (χ3v) is 6.47. The summed E-state index contributed by atoms with van der Waals surface area (Å²) in [6.45, 7) is 1.45. The highest BCUT2D eigenvalue weighted by molar-refractivity contribution is 7.99. The van der Waals surface area contributed by atoms with Crippen molar-refractivity contribution in [3.8, 4) is 0 Å². The molecule has 0 unspecified atom stereocenters. The summed E-state index contributed by atoms with van der Waals surface area (Å²) in [5.41, 5.74) is 0. The number of rotatable bonds is 5. The largest absolute Gasteiger partial charge is 0.475 e. The van der Waals surface area contributed by atoms with Gasteiger partial charge in [-0.25, -0.2) is 17.9 Å². The molecule has 0 aromatic carbocycles. The maximum atomic E-state index is 12.3. The summed E-state index contributed by atoms with van der Waals surface area (Å²) in [5, 5.41) is 9.45. The summed E-state index contributed by atoms with van der Waals surface area (Å²) in [6.07, 6.45) is 5.64. The molecule has 1 heterocycles. The van der Waals surface area contributed by atoms with Gasteiger partial charge in [0.05, 0.1) is 0 Å². The van der Waals surface area contributed by atoms with Gasteiger partial charge >= 0.3 is 5.97 Å². The third-order valence-electron chi connectivity index (χ3n) is 3.70. The number of carbonyl (C=O) groups is 1. The Balaban J connectivity index is 2.10.